The van der Waals surface area contributed by atoms with Crippen molar-refractivity contribution in [1.29, 1.82) is 0 Å². The lowest BCUT2D eigenvalue weighted by molar-refractivity contribution is -0.174. The first-order chi connectivity index (χ1) is 14.1. The number of alkyl halides is 3. The van der Waals surface area contributed by atoms with E-state index >= 15 is 0 Å². The van der Waals surface area contributed by atoms with E-state index in [1.54, 1.807) is 6.92 Å². The van der Waals surface area contributed by atoms with Gasteiger partial charge in [0.15, 0.2) is 12.1 Å². The second-order valence-corrected chi connectivity index (χ2v) is 8.54. The minimum atomic E-state index is -4.48. The van der Waals surface area contributed by atoms with E-state index in [0.717, 1.165) is 0 Å². The molecule has 8 atom stereocenters. The summed E-state index contributed by atoms with van der Waals surface area (Å²) in [4.78, 5) is 25.9. The molecule has 2 aliphatic carbocycles. The third-order valence-electron chi connectivity index (χ3n) is 6.66. The number of ketones is 2. The van der Waals surface area contributed by atoms with Crippen LogP contribution in [-0.4, -0.2) is 72.3 Å². The number of carbonyl (C=O) groups is 2. The largest absolute Gasteiger partial charge is 0.403 e. The molecule has 0 aromatic rings. The number of piperidine rings is 1. The van der Waals surface area contributed by atoms with Crippen LogP contribution in [0.4, 0.5) is 13.2 Å². The Morgan fingerprint density at radius 2 is 2.00 bits per heavy atom. The summed E-state index contributed by atoms with van der Waals surface area (Å²) in [5.41, 5.74) is 0. The lowest BCUT2D eigenvalue weighted by Gasteiger charge is -2.40. The van der Waals surface area contributed by atoms with Gasteiger partial charge in [-0.15, -0.1) is 0 Å². The molecule has 1 heterocycles. The molecule has 2 saturated carbocycles. The van der Waals surface area contributed by atoms with Crippen molar-refractivity contribution in [2.75, 3.05) is 19.8 Å². The highest BCUT2D eigenvalue weighted by molar-refractivity contribution is 6.06. The molecule has 172 valence electrons. The number of fused-ring (bicyclic) bond motifs is 2. The van der Waals surface area contributed by atoms with Crippen LogP contribution in [0.3, 0.4) is 0 Å². The maximum absolute atomic E-state index is 13.2. The topological polar surface area (TPSA) is 105 Å². The van der Waals surface area contributed by atoms with Crippen LogP contribution >= 0.6 is 0 Å². The number of rotatable bonds is 8. The van der Waals surface area contributed by atoms with Crippen LogP contribution in [0.1, 0.15) is 39.0 Å². The highest BCUT2D eigenvalue weighted by Gasteiger charge is 2.53. The van der Waals surface area contributed by atoms with Gasteiger partial charge in [-0.1, -0.05) is 0 Å². The zero-order valence-electron chi connectivity index (χ0n) is 16.9. The Hall–Kier alpha value is -1.07. The lowest BCUT2D eigenvalue weighted by Crippen LogP contribution is -2.59. The highest BCUT2D eigenvalue weighted by atomic mass is 19.4. The van der Waals surface area contributed by atoms with Gasteiger partial charge in [-0.2, -0.15) is 13.2 Å². The number of nitrogens with one attached hydrogen (secondary N) is 1. The molecule has 7 nitrogen and oxygen atoms in total. The predicted octanol–water partition coefficient (Wildman–Crippen LogP) is 1.20. The number of Topliss-reactive ketones (excluding diaryl/α,β-unsaturated/α-hetero) is 2. The minimum absolute atomic E-state index is 0.0517. The molecule has 1 saturated heterocycles. The monoisotopic (exact) mass is 437 g/mol. The molecule has 10 heteroatoms. The predicted molar refractivity (Wildman–Crippen MR) is 98.3 cm³/mol. The van der Waals surface area contributed by atoms with Gasteiger partial charge in [0, 0.05) is 24.5 Å². The standard InChI is InChI=1S/C20H30F3NO6/c1-2-30-15(25)9-29-8-13-12(5-6-14(24-13)20(21,22)23)19(28)16-17(26)10-3-4-11(7-10)18(16)27/h10-17,24-26H,2-9H2,1H3. The highest BCUT2D eigenvalue weighted by Crippen LogP contribution is 2.44. The van der Waals surface area contributed by atoms with Gasteiger partial charge in [-0.05, 0) is 44.9 Å². The molecule has 0 aromatic heterocycles. The van der Waals surface area contributed by atoms with E-state index < -0.39 is 48.3 Å². The van der Waals surface area contributed by atoms with Crippen LogP contribution in [0.5, 0.6) is 0 Å². The van der Waals surface area contributed by atoms with E-state index in [2.05, 4.69) is 5.32 Å². The number of ether oxygens (including phenoxy) is 2. The van der Waals surface area contributed by atoms with Gasteiger partial charge in [0.2, 0.25) is 0 Å². The van der Waals surface area contributed by atoms with Crippen molar-refractivity contribution < 1.29 is 42.4 Å². The van der Waals surface area contributed by atoms with Gasteiger partial charge in [0.05, 0.1) is 19.3 Å². The molecule has 30 heavy (non-hydrogen) atoms. The Morgan fingerprint density at radius 3 is 2.67 bits per heavy atom. The zero-order chi connectivity index (χ0) is 22.1. The summed E-state index contributed by atoms with van der Waals surface area (Å²) in [6.45, 7) is 1.41. The van der Waals surface area contributed by atoms with Crippen molar-refractivity contribution in [2.24, 2.45) is 23.7 Å². The molecule has 0 radical (unpaired) electrons. The van der Waals surface area contributed by atoms with Gasteiger partial charge < -0.3 is 25.0 Å². The van der Waals surface area contributed by atoms with Crippen LogP contribution in [-0.2, 0) is 19.1 Å². The van der Waals surface area contributed by atoms with E-state index in [4.69, 9.17) is 9.47 Å². The van der Waals surface area contributed by atoms with E-state index in [1.165, 1.54) is 0 Å². The average molecular weight is 437 g/mol. The van der Waals surface area contributed by atoms with Crippen molar-refractivity contribution in [3.63, 3.8) is 0 Å². The van der Waals surface area contributed by atoms with Gasteiger partial charge in [-0.3, -0.25) is 9.59 Å². The van der Waals surface area contributed by atoms with Crippen LogP contribution in [0.15, 0.2) is 0 Å². The van der Waals surface area contributed by atoms with Crippen molar-refractivity contribution in [1.82, 2.24) is 5.32 Å². The average Bonchev–Trinajstić information content (AvgIpc) is 3.13. The van der Waals surface area contributed by atoms with E-state index in [1.807, 2.05) is 0 Å². The Bertz CT molecular complexity index is 630. The summed E-state index contributed by atoms with van der Waals surface area (Å²) in [6, 6.07) is -2.76. The summed E-state index contributed by atoms with van der Waals surface area (Å²) in [7, 11) is 0. The molecular formula is C20H30F3NO6. The second-order valence-electron chi connectivity index (χ2n) is 8.54. The smallest absolute Gasteiger partial charge is 0.392 e. The molecule has 0 spiro atoms. The third kappa shape index (κ3) is 5.04. The van der Waals surface area contributed by atoms with Crippen molar-refractivity contribution in [3.05, 3.63) is 0 Å². The quantitative estimate of drug-likeness (QED) is 0.387. The van der Waals surface area contributed by atoms with Gasteiger partial charge in [-0.25, -0.2) is 0 Å². The molecule has 3 rings (SSSR count). The number of aliphatic hydroxyl groups excluding tert-OH is 2. The Balaban J connectivity index is 1.71. The number of hydrogen-bond acceptors (Lipinski definition) is 7. The lowest BCUT2D eigenvalue weighted by atomic mass is 9.70. The molecule has 3 aliphatic rings. The van der Waals surface area contributed by atoms with E-state index in [-0.39, 0.29) is 50.3 Å². The fourth-order valence-electron chi connectivity index (χ4n) is 5.12. The summed E-state index contributed by atoms with van der Waals surface area (Å²) in [5.74, 6) is -3.21. The van der Waals surface area contributed by atoms with E-state index in [0.29, 0.717) is 19.3 Å². The second kappa shape index (κ2) is 9.60. The maximum atomic E-state index is 13.2. The first-order valence-electron chi connectivity index (χ1n) is 10.6. The number of carbonyl (C=O) groups excluding carboxylic acids is 2. The summed E-state index contributed by atoms with van der Waals surface area (Å²) >= 11 is 0. The summed E-state index contributed by atoms with van der Waals surface area (Å²) in [5, 5.41) is 22.6. The van der Waals surface area contributed by atoms with Crippen molar-refractivity contribution >= 4 is 11.6 Å². The van der Waals surface area contributed by atoms with Gasteiger partial charge in [0.1, 0.15) is 17.7 Å². The molecular weight excluding hydrogens is 407 g/mol. The van der Waals surface area contributed by atoms with Crippen molar-refractivity contribution in [3.8, 4) is 0 Å². The first kappa shape index (κ1) is 23.6. The summed E-state index contributed by atoms with van der Waals surface area (Å²) in [6.07, 6.45) is -5.21. The Kier molecular flexibility index (Phi) is 7.55. The Morgan fingerprint density at radius 1 is 1.27 bits per heavy atom. The fraction of sp³-hybridized carbons (Fsp3) is 0.900. The van der Waals surface area contributed by atoms with Crippen LogP contribution < -0.4 is 5.32 Å². The molecule has 1 aliphatic heterocycles. The third-order valence-corrected chi connectivity index (χ3v) is 6.66. The number of hydrogen-bond donors (Lipinski definition) is 3. The van der Waals surface area contributed by atoms with Gasteiger partial charge >= 0.3 is 6.18 Å². The normalized spacial score (nSPS) is 37.9. The molecule has 3 fully saturated rings. The molecule has 8 unspecified atom stereocenters. The Labute approximate surface area is 173 Å². The zero-order valence-corrected chi connectivity index (χ0v) is 16.9. The van der Waals surface area contributed by atoms with Gasteiger partial charge in [0.25, 0.3) is 0 Å². The maximum Gasteiger partial charge on any atom is 0.403 e. The SMILES string of the molecule is CCOC(O)COCC1NC(C(F)(F)F)CCC1C(=O)C1C(=O)C2CCC(C2)C1O. The fourth-order valence-corrected chi connectivity index (χ4v) is 5.12. The molecule has 3 N–H and O–H groups in total. The number of aliphatic hydroxyl groups is 2. The van der Waals surface area contributed by atoms with Crippen LogP contribution in [0.25, 0.3) is 0 Å². The molecule has 0 amide bonds. The van der Waals surface area contributed by atoms with Crippen LogP contribution in [0.2, 0.25) is 0 Å². The first-order valence-corrected chi connectivity index (χ1v) is 10.6. The minimum Gasteiger partial charge on any atom is -0.392 e. The number of halogens is 3. The van der Waals surface area contributed by atoms with Crippen molar-refractivity contribution in [2.45, 2.75) is 69.7 Å². The van der Waals surface area contributed by atoms with E-state index in [9.17, 15) is 33.0 Å². The summed E-state index contributed by atoms with van der Waals surface area (Å²) < 4.78 is 50.0. The van der Waals surface area contributed by atoms with Crippen LogP contribution in [0, 0.1) is 23.7 Å². The molecule has 0 aromatic carbocycles. The molecule has 2 bridgehead atoms.